The van der Waals surface area contributed by atoms with Crippen LogP contribution in [0, 0.1) is 0 Å². The predicted molar refractivity (Wildman–Crippen MR) is 70.4 cm³/mol. The normalized spacial score (nSPS) is 10.6. The minimum Gasteiger partial charge on any atom is -0.382 e. The zero-order valence-electron chi connectivity index (χ0n) is 10.1. The van der Waals surface area contributed by atoms with Gasteiger partial charge in [0.1, 0.15) is 10.8 Å². The second-order valence-corrected chi connectivity index (χ2v) is 4.61. The largest absolute Gasteiger partial charge is 0.382 e. The van der Waals surface area contributed by atoms with Gasteiger partial charge in [-0.1, -0.05) is 0 Å². The maximum atomic E-state index is 11.6. The third-order valence-corrected chi connectivity index (χ3v) is 3.16. The molecule has 0 saturated carbocycles. The molecule has 0 fully saturated rings. The van der Waals surface area contributed by atoms with Gasteiger partial charge < -0.3 is 5.32 Å². The van der Waals surface area contributed by atoms with Gasteiger partial charge in [-0.25, -0.2) is 9.67 Å². The minimum atomic E-state index is -0.170. The lowest BCUT2D eigenvalue weighted by molar-refractivity contribution is 0.702. The van der Waals surface area contributed by atoms with E-state index in [-0.39, 0.29) is 5.56 Å². The quantitative estimate of drug-likeness (QED) is 0.880. The molecule has 7 nitrogen and oxygen atoms in total. The number of aryl methyl sites for hydroxylation is 2. The van der Waals surface area contributed by atoms with Gasteiger partial charge in [-0.2, -0.15) is 10.2 Å². The smallest absolute Gasteiger partial charge is 0.282 e. The Morgan fingerprint density at radius 2 is 2.22 bits per heavy atom. The number of rotatable bonds is 4. The molecular weight excluding hydrogens is 300 g/mol. The van der Waals surface area contributed by atoms with Crippen molar-refractivity contribution >= 4 is 21.6 Å². The van der Waals surface area contributed by atoms with E-state index in [2.05, 4.69) is 36.4 Å². The topological polar surface area (TPSA) is 77.6 Å². The second kappa shape index (κ2) is 5.30. The summed E-state index contributed by atoms with van der Waals surface area (Å²) >= 11 is 3.25. The van der Waals surface area contributed by atoms with Gasteiger partial charge in [0.2, 0.25) is 0 Å². The molecule has 96 valence electrons. The Hall–Kier alpha value is -1.70. The number of anilines is 1. The first-order valence-electron chi connectivity index (χ1n) is 5.38. The number of aromatic nitrogens is 5. The van der Waals surface area contributed by atoms with Crippen molar-refractivity contribution in [2.75, 3.05) is 11.9 Å². The van der Waals surface area contributed by atoms with Crippen molar-refractivity contribution in [3.8, 4) is 0 Å². The van der Waals surface area contributed by atoms with Crippen molar-refractivity contribution < 1.29 is 0 Å². The van der Waals surface area contributed by atoms with Crippen LogP contribution in [-0.4, -0.2) is 31.1 Å². The molecule has 1 N–H and O–H groups in total. The van der Waals surface area contributed by atoms with E-state index in [1.807, 2.05) is 7.05 Å². The molecule has 0 amide bonds. The van der Waals surface area contributed by atoms with Crippen LogP contribution in [0.1, 0.15) is 5.82 Å². The maximum Gasteiger partial charge on any atom is 0.282 e. The summed E-state index contributed by atoms with van der Waals surface area (Å²) in [5.41, 5.74) is 0.505. The fourth-order valence-corrected chi connectivity index (χ4v) is 1.94. The molecule has 0 aromatic carbocycles. The van der Waals surface area contributed by atoms with Crippen molar-refractivity contribution in [3.05, 3.63) is 33.2 Å². The van der Waals surface area contributed by atoms with E-state index in [1.165, 1.54) is 4.68 Å². The lowest BCUT2D eigenvalue weighted by Crippen LogP contribution is -2.21. The highest BCUT2D eigenvalue weighted by Crippen LogP contribution is 2.15. The van der Waals surface area contributed by atoms with Gasteiger partial charge in [-0.15, -0.1) is 0 Å². The van der Waals surface area contributed by atoms with E-state index in [1.54, 1.807) is 24.3 Å². The van der Waals surface area contributed by atoms with Crippen molar-refractivity contribution in [1.29, 1.82) is 0 Å². The summed E-state index contributed by atoms with van der Waals surface area (Å²) in [6.45, 7) is 0.636. The number of halogens is 1. The molecule has 0 aliphatic carbocycles. The first-order valence-corrected chi connectivity index (χ1v) is 6.17. The standard InChI is InChI=1S/C10H13BrN6O/c1-16-6-13-8(15-16)3-4-12-7-5-14-17(2)10(18)9(7)11/h5-6,12H,3-4H2,1-2H3. The third kappa shape index (κ3) is 2.76. The highest BCUT2D eigenvalue weighted by Gasteiger charge is 2.06. The van der Waals surface area contributed by atoms with Crippen LogP contribution in [0.25, 0.3) is 0 Å². The van der Waals surface area contributed by atoms with Crippen LogP contribution in [0.3, 0.4) is 0 Å². The zero-order chi connectivity index (χ0) is 13.1. The molecule has 2 heterocycles. The van der Waals surface area contributed by atoms with E-state index in [0.29, 0.717) is 23.1 Å². The summed E-state index contributed by atoms with van der Waals surface area (Å²) in [4.78, 5) is 15.7. The molecule has 0 aliphatic rings. The number of nitrogens with one attached hydrogen (secondary N) is 1. The number of hydrogen-bond acceptors (Lipinski definition) is 5. The monoisotopic (exact) mass is 312 g/mol. The Bertz CT molecular complexity index is 605. The fraction of sp³-hybridized carbons (Fsp3) is 0.400. The van der Waals surface area contributed by atoms with Crippen molar-refractivity contribution in [2.24, 2.45) is 14.1 Å². The van der Waals surface area contributed by atoms with Crippen LogP contribution >= 0.6 is 15.9 Å². The average Bonchev–Trinajstić information content (AvgIpc) is 2.75. The van der Waals surface area contributed by atoms with Crippen LogP contribution in [0.4, 0.5) is 5.69 Å². The van der Waals surface area contributed by atoms with Crippen molar-refractivity contribution in [1.82, 2.24) is 24.5 Å². The Labute approximate surface area is 112 Å². The molecule has 2 aromatic rings. The molecular formula is C10H13BrN6O. The molecule has 0 atom stereocenters. The van der Waals surface area contributed by atoms with Gasteiger partial charge in [-0.05, 0) is 15.9 Å². The first kappa shape index (κ1) is 12.7. The van der Waals surface area contributed by atoms with E-state index < -0.39 is 0 Å². The molecule has 0 aliphatic heterocycles. The predicted octanol–water partition coefficient (Wildman–Crippen LogP) is 0.326. The van der Waals surface area contributed by atoms with Crippen molar-refractivity contribution in [3.63, 3.8) is 0 Å². The van der Waals surface area contributed by atoms with Gasteiger partial charge in [0, 0.05) is 27.1 Å². The zero-order valence-corrected chi connectivity index (χ0v) is 11.7. The molecule has 0 spiro atoms. The average molecular weight is 313 g/mol. The van der Waals surface area contributed by atoms with Gasteiger partial charge in [0.15, 0.2) is 5.82 Å². The maximum absolute atomic E-state index is 11.6. The summed E-state index contributed by atoms with van der Waals surface area (Å²) in [5, 5.41) is 11.2. The number of nitrogens with zero attached hydrogens (tertiary/aromatic N) is 5. The summed E-state index contributed by atoms with van der Waals surface area (Å²) in [6.07, 6.45) is 3.95. The van der Waals surface area contributed by atoms with E-state index in [9.17, 15) is 4.79 Å². The summed E-state index contributed by atoms with van der Waals surface area (Å²) in [6, 6.07) is 0. The Balaban J connectivity index is 1.99. The molecule has 8 heteroatoms. The molecule has 18 heavy (non-hydrogen) atoms. The molecule has 0 saturated heterocycles. The number of hydrogen-bond donors (Lipinski definition) is 1. The van der Waals surface area contributed by atoms with E-state index >= 15 is 0 Å². The molecule has 2 rings (SSSR count). The van der Waals surface area contributed by atoms with Gasteiger partial charge in [-0.3, -0.25) is 9.48 Å². The molecule has 2 aromatic heterocycles. The van der Waals surface area contributed by atoms with E-state index in [4.69, 9.17) is 0 Å². The minimum absolute atomic E-state index is 0.170. The van der Waals surface area contributed by atoms with Gasteiger partial charge in [0.05, 0.1) is 11.9 Å². The van der Waals surface area contributed by atoms with Gasteiger partial charge >= 0.3 is 0 Å². The highest BCUT2D eigenvalue weighted by atomic mass is 79.9. The summed E-state index contributed by atoms with van der Waals surface area (Å²) in [5.74, 6) is 0.762. The first-order chi connectivity index (χ1) is 8.58. The SMILES string of the molecule is Cn1cnc(CCNc2cnn(C)c(=O)c2Br)n1. The van der Waals surface area contributed by atoms with Crippen LogP contribution in [0.15, 0.2) is 21.8 Å². The summed E-state index contributed by atoms with van der Waals surface area (Å²) < 4.78 is 3.41. The van der Waals surface area contributed by atoms with E-state index in [0.717, 1.165) is 5.82 Å². The van der Waals surface area contributed by atoms with Crippen molar-refractivity contribution in [2.45, 2.75) is 6.42 Å². The van der Waals surface area contributed by atoms with Crippen LogP contribution < -0.4 is 10.9 Å². The summed E-state index contributed by atoms with van der Waals surface area (Å²) in [7, 11) is 3.43. The Morgan fingerprint density at radius 1 is 1.44 bits per heavy atom. The molecule has 0 radical (unpaired) electrons. The Morgan fingerprint density at radius 3 is 2.89 bits per heavy atom. The lowest BCUT2D eigenvalue weighted by Gasteiger charge is -2.07. The van der Waals surface area contributed by atoms with Crippen LogP contribution in [0.5, 0.6) is 0 Å². The fourth-order valence-electron chi connectivity index (χ4n) is 1.44. The van der Waals surface area contributed by atoms with Crippen LogP contribution in [-0.2, 0) is 20.5 Å². The lowest BCUT2D eigenvalue weighted by atomic mass is 10.4. The van der Waals surface area contributed by atoms with Gasteiger partial charge in [0.25, 0.3) is 5.56 Å². The third-order valence-electron chi connectivity index (χ3n) is 2.39. The highest BCUT2D eigenvalue weighted by molar-refractivity contribution is 9.10. The molecule has 0 bridgehead atoms. The molecule has 0 unspecified atom stereocenters. The Kier molecular flexibility index (Phi) is 3.75. The van der Waals surface area contributed by atoms with Crippen LogP contribution in [0.2, 0.25) is 0 Å². The second-order valence-electron chi connectivity index (χ2n) is 3.81.